The fourth-order valence-electron chi connectivity index (χ4n) is 2.78. The fourth-order valence-corrected chi connectivity index (χ4v) is 4.48. The molecular formula is C15H16ClN3O4S. The van der Waals surface area contributed by atoms with Gasteiger partial charge in [-0.3, -0.25) is 14.5 Å². The van der Waals surface area contributed by atoms with Gasteiger partial charge in [0.2, 0.25) is 11.8 Å². The molecule has 2 heterocycles. The van der Waals surface area contributed by atoms with Crippen LogP contribution in [0.15, 0.2) is 34.5 Å². The molecule has 3 atom stereocenters. The summed E-state index contributed by atoms with van der Waals surface area (Å²) in [6, 6.07) is -0.811. The van der Waals surface area contributed by atoms with Gasteiger partial charge in [-0.1, -0.05) is 29.8 Å². The van der Waals surface area contributed by atoms with Crippen molar-refractivity contribution in [2.75, 3.05) is 0 Å². The van der Waals surface area contributed by atoms with Gasteiger partial charge in [0.15, 0.2) is 0 Å². The van der Waals surface area contributed by atoms with Gasteiger partial charge >= 0.3 is 5.97 Å². The quantitative estimate of drug-likeness (QED) is 0.500. The molecule has 0 saturated carbocycles. The molecule has 3 rings (SSSR count). The first-order valence-corrected chi connectivity index (χ1v) is 8.72. The van der Waals surface area contributed by atoms with Crippen LogP contribution in [0.25, 0.3) is 0 Å². The van der Waals surface area contributed by atoms with E-state index in [0.717, 1.165) is 16.9 Å². The van der Waals surface area contributed by atoms with Crippen LogP contribution < -0.4 is 11.1 Å². The van der Waals surface area contributed by atoms with E-state index in [4.69, 9.17) is 17.3 Å². The van der Waals surface area contributed by atoms with Crippen LogP contribution in [-0.2, 0) is 14.4 Å². The van der Waals surface area contributed by atoms with E-state index in [1.807, 2.05) is 18.2 Å². The number of halogens is 1. The molecular weight excluding hydrogens is 354 g/mol. The molecule has 2 amide bonds. The maximum atomic E-state index is 12.4. The highest BCUT2D eigenvalue weighted by molar-refractivity contribution is 8.00. The first-order chi connectivity index (χ1) is 11.4. The van der Waals surface area contributed by atoms with Crippen LogP contribution in [-0.4, -0.2) is 44.6 Å². The van der Waals surface area contributed by atoms with Crippen molar-refractivity contribution in [1.29, 1.82) is 0 Å². The number of carboxylic acid groups (broad SMARTS) is 1. The number of carbonyl (C=O) groups is 3. The zero-order chi connectivity index (χ0) is 17.4. The van der Waals surface area contributed by atoms with E-state index in [-0.39, 0.29) is 28.4 Å². The van der Waals surface area contributed by atoms with Crippen LogP contribution in [0.4, 0.5) is 0 Å². The Morgan fingerprint density at radius 1 is 1.46 bits per heavy atom. The average Bonchev–Trinajstić information content (AvgIpc) is 2.56. The Labute approximate surface area is 147 Å². The second-order valence-corrected chi connectivity index (χ2v) is 7.31. The maximum absolute atomic E-state index is 12.4. The number of rotatable bonds is 4. The smallest absolute Gasteiger partial charge is 0.353 e. The number of nitrogens with one attached hydrogen (secondary N) is 1. The van der Waals surface area contributed by atoms with E-state index in [1.54, 1.807) is 0 Å². The molecule has 0 spiro atoms. The predicted octanol–water partition coefficient (Wildman–Crippen LogP) is 0.873. The number of allylic oxidation sites excluding steroid dienone is 3. The van der Waals surface area contributed by atoms with Crippen LogP contribution >= 0.6 is 23.4 Å². The average molecular weight is 370 g/mol. The van der Waals surface area contributed by atoms with Gasteiger partial charge in [-0.15, -0.1) is 11.8 Å². The van der Waals surface area contributed by atoms with E-state index in [1.165, 1.54) is 11.8 Å². The van der Waals surface area contributed by atoms with Crippen LogP contribution in [0.2, 0.25) is 0 Å². The standard InChI is InChI=1S/C15H16ClN3O4S/c16-10-12(15(22)23)19-8(20)6-9(19)24-14(10)18-13(21)11(17)7-4-2-1-3-5-7/h1-2,5,9,11,14H,3-4,6,17H2,(H,18,21)(H,22,23)/t9-,11-,14?/m1/s1. The Morgan fingerprint density at radius 3 is 2.79 bits per heavy atom. The molecule has 0 bridgehead atoms. The first kappa shape index (κ1) is 17.1. The minimum atomic E-state index is -1.29. The number of nitrogens with two attached hydrogens (primary N) is 1. The molecule has 1 saturated heterocycles. The van der Waals surface area contributed by atoms with Crippen molar-refractivity contribution in [1.82, 2.24) is 10.2 Å². The third kappa shape index (κ3) is 2.97. The zero-order valence-corrected chi connectivity index (χ0v) is 14.1. The lowest BCUT2D eigenvalue weighted by Crippen LogP contribution is -2.57. The van der Waals surface area contributed by atoms with Crippen molar-refractivity contribution < 1.29 is 19.5 Å². The Kier molecular flexibility index (Phi) is 4.71. The highest BCUT2D eigenvalue weighted by atomic mass is 35.5. The molecule has 0 radical (unpaired) electrons. The van der Waals surface area contributed by atoms with E-state index in [2.05, 4.69) is 5.32 Å². The molecule has 24 heavy (non-hydrogen) atoms. The molecule has 0 aromatic carbocycles. The largest absolute Gasteiger partial charge is 0.477 e. The van der Waals surface area contributed by atoms with Crippen LogP contribution in [0.5, 0.6) is 0 Å². The van der Waals surface area contributed by atoms with Crippen molar-refractivity contribution in [3.05, 3.63) is 34.5 Å². The molecule has 0 aromatic rings. The number of aliphatic carboxylic acids is 1. The summed E-state index contributed by atoms with van der Waals surface area (Å²) < 4.78 is 0. The van der Waals surface area contributed by atoms with E-state index >= 15 is 0 Å². The highest BCUT2D eigenvalue weighted by Gasteiger charge is 2.48. The second kappa shape index (κ2) is 6.62. The minimum absolute atomic E-state index is 0.0742. The summed E-state index contributed by atoms with van der Waals surface area (Å²) in [6.45, 7) is 0. The molecule has 1 aliphatic carbocycles. The van der Waals surface area contributed by atoms with Crippen molar-refractivity contribution in [2.45, 2.75) is 36.1 Å². The number of nitrogens with zero attached hydrogens (tertiary/aromatic N) is 1. The number of carboxylic acids is 1. The van der Waals surface area contributed by atoms with Gasteiger partial charge in [-0.25, -0.2) is 4.79 Å². The lowest BCUT2D eigenvalue weighted by Gasteiger charge is -2.45. The third-order valence-electron chi connectivity index (χ3n) is 4.09. The molecule has 1 fully saturated rings. The van der Waals surface area contributed by atoms with Gasteiger partial charge in [-0.05, 0) is 18.4 Å². The number of fused-ring (bicyclic) bond motifs is 1. The molecule has 128 valence electrons. The number of amides is 2. The van der Waals surface area contributed by atoms with Gasteiger partial charge in [0.1, 0.15) is 17.1 Å². The summed E-state index contributed by atoms with van der Waals surface area (Å²) in [4.78, 5) is 36.6. The molecule has 3 aliphatic rings. The summed E-state index contributed by atoms with van der Waals surface area (Å²) in [5.74, 6) is -2.00. The maximum Gasteiger partial charge on any atom is 0.353 e. The van der Waals surface area contributed by atoms with Crippen molar-refractivity contribution in [2.24, 2.45) is 5.73 Å². The van der Waals surface area contributed by atoms with Gasteiger partial charge in [-0.2, -0.15) is 0 Å². The minimum Gasteiger partial charge on any atom is -0.477 e. The Bertz CT molecular complexity index is 703. The molecule has 7 nitrogen and oxygen atoms in total. The molecule has 9 heteroatoms. The number of hydrogen-bond donors (Lipinski definition) is 3. The summed E-state index contributed by atoms with van der Waals surface area (Å²) in [5, 5.41) is 10.9. The molecule has 4 N–H and O–H groups in total. The molecule has 0 aromatic heterocycles. The van der Waals surface area contributed by atoms with Crippen LogP contribution in [0.3, 0.4) is 0 Å². The number of carbonyl (C=O) groups excluding carboxylic acids is 2. The lowest BCUT2D eigenvalue weighted by molar-refractivity contribution is -0.146. The lowest BCUT2D eigenvalue weighted by atomic mass is 9.98. The second-order valence-electron chi connectivity index (χ2n) is 5.62. The van der Waals surface area contributed by atoms with Gasteiger partial charge in [0.05, 0.1) is 16.8 Å². The molecule has 1 unspecified atom stereocenters. The first-order valence-electron chi connectivity index (χ1n) is 7.40. The number of β-lactam (4-membered cyclic amide) rings is 1. The van der Waals surface area contributed by atoms with Gasteiger partial charge < -0.3 is 16.2 Å². The van der Waals surface area contributed by atoms with E-state index < -0.39 is 23.3 Å². The normalized spacial score (nSPS) is 27.2. The Balaban J connectivity index is 1.76. The monoisotopic (exact) mass is 369 g/mol. The predicted molar refractivity (Wildman–Crippen MR) is 89.7 cm³/mol. The summed E-state index contributed by atoms with van der Waals surface area (Å²) in [7, 11) is 0. The Hall–Kier alpha value is -1.77. The number of thioether (sulfide) groups is 1. The topological polar surface area (TPSA) is 113 Å². The van der Waals surface area contributed by atoms with E-state index in [9.17, 15) is 19.5 Å². The summed E-state index contributed by atoms with van der Waals surface area (Å²) in [6.07, 6.45) is 7.42. The van der Waals surface area contributed by atoms with Crippen molar-refractivity contribution >= 4 is 41.1 Å². The number of hydrogen-bond acceptors (Lipinski definition) is 5. The van der Waals surface area contributed by atoms with Crippen LogP contribution in [0.1, 0.15) is 19.3 Å². The summed E-state index contributed by atoms with van der Waals surface area (Å²) in [5.41, 5.74) is 6.53. The highest BCUT2D eigenvalue weighted by Crippen LogP contribution is 2.44. The fraction of sp³-hybridized carbons (Fsp3) is 0.400. The zero-order valence-electron chi connectivity index (χ0n) is 12.6. The van der Waals surface area contributed by atoms with Crippen LogP contribution in [0, 0.1) is 0 Å². The third-order valence-corrected chi connectivity index (χ3v) is 5.93. The SMILES string of the molecule is N[C@@H](C(=O)NC1S[C@@H]2CC(=O)N2C(C(=O)O)=C1Cl)C1=CCC=CC1. The van der Waals surface area contributed by atoms with E-state index in [0.29, 0.717) is 6.42 Å². The summed E-state index contributed by atoms with van der Waals surface area (Å²) >= 11 is 7.38. The van der Waals surface area contributed by atoms with Gasteiger partial charge in [0, 0.05) is 0 Å². The van der Waals surface area contributed by atoms with Gasteiger partial charge in [0.25, 0.3) is 0 Å². The molecule has 2 aliphatic heterocycles. The van der Waals surface area contributed by atoms with Crippen molar-refractivity contribution in [3.8, 4) is 0 Å². The Morgan fingerprint density at radius 2 is 2.21 bits per heavy atom. The van der Waals surface area contributed by atoms with Crippen molar-refractivity contribution in [3.63, 3.8) is 0 Å².